The minimum atomic E-state index is -4.57. The van der Waals surface area contributed by atoms with E-state index in [9.17, 15) is 18.0 Å². The number of hydrogen-bond acceptors (Lipinski definition) is 1. The lowest BCUT2D eigenvalue weighted by Crippen LogP contribution is -2.28. The maximum absolute atomic E-state index is 13.0. The second-order valence-electron chi connectivity index (χ2n) is 4.83. The molecular formula is C16H13ClF3NO. The van der Waals surface area contributed by atoms with E-state index in [4.69, 9.17) is 11.6 Å². The van der Waals surface area contributed by atoms with Crippen molar-refractivity contribution < 1.29 is 18.0 Å². The molecule has 0 saturated carbocycles. The number of halogens is 4. The van der Waals surface area contributed by atoms with Gasteiger partial charge in [0.05, 0.1) is 11.1 Å². The van der Waals surface area contributed by atoms with E-state index >= 15 is 0 Å². The number of carbonyl (C=O) groups is 1. The molecule has 0 atom stereocenters. The number of rotatable bonds is 3. The summed E-state index contributed by atoms with van der Waals surface area (Å²) in [5.41, 5.74) is -0.551. The van der Waals surface area contributed by atoms with E-state index in [0.29, 0.717) is 5.02 Å². The van der Waals surface area contributed by atoms with Gasteiger partial charge in [-0.3, -0.25) is 4.79 Å². The molecule has 0 radical (unpaired) electrons. The van der Waals surface area contributed by atoms with Crippen molar-refractivity contribution in [1.29, 1.82) is 0 Å². The topological polar surface area (TPSA) is 20.3 Å². The van der Waals surface area contributed by atoms with E-state index in [1.807, 2.05) is 0 Å². The molecule has 2 aromatic carbocycles. The van der Waals surface area contributed by atoms with E-state index < -0.39 is 17.6 Å². The monoisotopic (exact) mass is 327 g/mol. The first-order chi connectivity index (χ1) is 10.3. The number of nitrogens with zero attached hydrogens (tertiary/aromatic N) is 1. The lowest BCUT2D eigenvalue weighted by Gasteiger charge is -2.20. The average molecular weight is 328 g/mol. The third kappa shape index (κ3) is 3.80. The van der Waals surface area contributed by atoms with Gasteiger partial charge in [-0.1, -0.05) is 35.9 Å². The summed E-state index contributed by atoms with van der Waals surface area (Å²) < 4.78 is 38.9. The van der Waals surface area contributed by atoms with Crippen molar-refractivity contribution in [2.45, 2.75) is 12.7 Å². The zero-order valence-electron chi connectivity index (χ0n) is 11.7. The summed E-state index contributed by atoms with van der Waals surface area (Å²) in [6.45, 7) is 0.172. The molecule has 0 aliphatic heterocycles. The Morgan fingerprint density at radius 3 is 2.45 bits per heavy atom. The van der Waals surface area contributed by atoms with Crippen molar-refractivity contribution in [2.75, 3.05) is 7.05 Å². The predicted molar refractivity (Wildman–Crippen MR) is 78.7 cm³/mol. The van der Waals surface area contributed by atoms with Crippen molar-refractivity contribution in [3.8, 4) is 0 Å². The van der Waals surface area contributed by atoms with Crippen LogP contribution < -0.4 is 0 Å². The van der Waals surface area contributed by atoms with E-state index in [0.717, 1.165) is 11.6 Å². The summed E-state index contributed by atoms with van der Waals surface area (Å²) in [4.78, 5) is 13.5. The molecule has 22 heavy (non-hydrogen) atoms. The average Bonchev–Trinajstić information content (AvgIpc) is 2.45. The van der Waals surface area contributed by atoms with Crippen LogP contribution in [0.4, 0.5) is 13.2 Å². The maximum Gasteiger partial charge on any atom is 0.417 e. The Hall–Kier alpha value is -2.01. The molecule has 0 fully saturated rings. The third-order valence-electron chi connectivity index (χ3n) is 3.12. The summed E-state index contributed by atoms with van der Waals surface area (Å²) in [6, 6.07) is 11.6. The Balaban J connectivity index is 2.25. The fraction of sp³-hybridized carbons (Fsp3) is 0.188. The van der Waals surface area contributed by atoms with Crippen molar-refractivity contribution >= 4 is 17.5 Å². The molecule has 0 heterocycles. The van der Waals surface area contributed by atoms with Gasteiger partial charge in [0.25, 0.3) is 5.91 Å². The minimum absolute atomic E-state index is 0.172. The number of alkyl halides is 3. The Morgan fingerprint density at radius 2 is 1.82 bits per heavy atom. The fourth-order valence-electron chi connectivity index (χ4n) is 2.10. The van der Waals surface area contributed by atoms with Gasteiger partial charge < -0.3 is 4.90 Å². The van der Waals surface area contributed by atoms with Crippen LogP contribution >= 0.6 is 11.6 Å². The first-order valence-electron chi connectivity index (χ1n) is 6.45. The number of amides is 1. The quantitative estimate of drug-likeness (QED) is 0.804. The Bertz CT molecular complexity index is 685. The lowest BCUT2D eigenvalue weighted by atomic mass is 10.1. The van der Waals surface area contributed by atoms with Crippen molar-refractivity contribution in [3.63, 3.8) is 0 Å². The molecule has 2 rings (SSSR count). The lowest BCUT2D eigenvalue weighted by molar-refractivity contribution is -0.138. The van der Waals surface area contributed by atoms with Crippen LogP contribution in [0.15, 0.2) is 48.5 Å². The summed E-state index contributed by atoms with van der Waals surface area (Å²) in [7, 11) is 1.45. The molecule has 1 amide bonds. The zero-order chi connectivity index (χ0) is 16.3. The molecule has 0 aliphatic carbocycles. The largest absolute Gasteiger partial charge is 0.417 e. The maximum atomic E-state index is 13.0. The van der Waals surface area contributed by atoms with Gasteiger partial charge in [-0.05, 0) is 29.8 Å². The van der Waals surface area contributed by atoms with Crippen molar-refractivity contribution in [3.05, 3.63) is 70.2 Å². The molecule has 6 heteroatoms. The molecule has 116 valence electrons. The summed E-state index contributed by atoms with van der Waals surface area (Å²) >= 11 is 5.86. The molecule has 0 bridgehead atoms. The second-order valence-corrected chi connectivity index (χ2v) is 5.27. The van der Waals surface area contributed by atoms with Crippen molar-refractivity contribution in [1.82, 2.24) is 4.90 Å². The molecular weight excluding hydrogens is 315 g/mol. The number of hydrogen-bond donors (Lipinski definition) is 0. The van der Waals surface area contributed by atoms with Crippen LogP contribution in [0.1, 0.15) is 21.5 Å². The van der Waals surface area contributed by atoms with Gasteiger partial charge in [0.15, 0.2) is 0 Å². The predicted octanol–water partition coefficient (Wildman–Crippen LogP) is 4.63. The summed E-state index contributed by atoms with van der Waals surface area (Å²) in [5, 5.41) is 0.508. The SMILES string of the molecule is CN(Cc1cccc(Cl)c1)C(=O)c1ccccc1C(F)(F)F. The Morgan fingerprint density at radius 1 is 1.14 bits per heavy atom. The van der Waals surface area contributed by atoms with Gasteiger partial charge >= 0.3 is 6.18 Å². The van der Waals surface area contributed by atoms with Gasteiger partial charge in [-0.15, -0.1) is 0 Å². The van der Waals surface area contributed by atoms with Gasteiger partial charge in [0.1, 0.15) is 0 Å². The first kappa shape index (κ1) is 16.4. The third-order valence-corrected chi connectivity index (χ3v) is 3.35. The Kier molecular flexibility index (Phi) is 4.76. The molecule has 2 nitrogen and oxygen atoms in total. The van der Waals surface area contributed by atoms with E-state index in [2.05, 4.69) is 0 Å². The van der Waals surface area contributed by atoms with Gasteiger partial charge in [-0.2, -0.15) is 13.2 Å². The minimum Gasteiger partial charge on any atom is -0.337 e. The van der Waals surface area contributed by atoms with Crippen LogP contribution in [-0.2, 0) is 12.7 Å². The first-order valence-corrected chi connectivity index (χ1v) is 6.83. The van der Waals surface area contributed by atoms with Crippen LogP contribution in [0.3, 0.4) is 0 Å². The molecule has 0 aliphatic rings. The highest BCUT2D eigenvalue weighted by molar-refractivity contribution is 6.30. The molecule has 0 spiro atoms. The van der Waals surface area contributed by atoms with E-state index in [-0.39, 0.29) is 12.1 Å². The fourth-order valence-corrected chi connectivity index (χ4v) is 2.32. The molecule has 0 saturated heterocycles. The second kappa shape index (κ2) is 6.40. The summed E-state index contributed by atoms with van der Waals surface area (Å²) in [5.74, 6) is -0.687. The standard InChI is InChI=1S/C16H13ClF3NO/c1-21(10-11-5-4-6-12(17)9-11)15(22)13-7-2-3-8-14(13)16(18,19)20/h2-9H,10H2,1H3. The van der Waals surface area contributed by atoms with E-state index in [1.54, 1.807) is 24.3 Å². The van der Waals surface area contributed by atoms with Crippen LogP contribution in [-0.4, -0.2) is 17.9 Å². The van der Waals surface area contributed by atoms with Gasteiger partial charge in [0, 0.05) is 18.6 Å². The smallest absolute Gasteiger partial charge is 0.337 e. The summed E-state index contributed by atoms with van der Waals surface area (Å²) in [6.07, 6.45) is -4.57. The number of benzene rings is 2. The van der Waals surface area contributed by atoms with Crippen molar-refractivity contribution in [2.24, 2.45) is 0 Å². The normalized spacial score (nSPS) is 11.3. The molecule has 2 aromatic rings. The number of carbonyl (C=O) groups excluding carboxylic acids is 1. The van der Waals surface area contributed by atoms with Gasteiger partial charge in [-0.25, -0.2) is 0 Å². The van der Waals surface area contributed by atoms with Crippen LogP contribution in [0.2, 0.25) is 5.02 Å². The molecule has 0 unspecified atom stereocenters. The zero-order valence-corrected chi connectivity index (χ0v) is 12.4. The highest BCUT2D eigenvalue weighted by atomic mass is 35.5. The highest BCUT2D eigenvalue weighted by Crippen LogP contribution is 2.32. The van der Waals surface area contributed by atoms with Crippen LogP contribution in [0.25, 0.3) is 0 Å². The highest BCUT2D eigenvalue weighted by Gasteiger charge is 2.35. The molecule has 0 N–H and O–H groups in total. The van der Waals surface area contributed by atoms with Crippen LogP contribution in [0.5, 0.6) is 0 Å². The van der Waals surface area contributed by atoms with Crippen LogP contribution in [0, 0.1) is 0 Å². The Labute approximate surface area is 131 Å². The van der Waals surface area contributed by atoms with E-state index in [1.165, 1.54) is 30.1 Å². The molecule has 0 aromatic heterocycles. The van der Waals surface area contributed by atoms with Gasteiger partial charge in [0.2, 0.25) is 0 Å².